The summed E-state index contributed by atoms with van der Waals surface area (Å²) in [5, 5.41) is 2.97. The molecule has 1 aliphatic rings. The van der Waals surface area contributed by atoms with E-state index in [9.17, 15) is 14.0 Å². The molecule has 5 nitrogen and oxygen atoms in total. The van der Waals surface area contributed by atoms with Gasteiger partial charge in [0, 0.05) is 26.6 Å². The summed E-state index contributed by atoms with van der Waals surface area (Å²) in [6.45, 7) is 5.46. The normalized spacial score (nSPS) is 20.8. The molecule has 1 aromatic carbocycles. The van der Waals surface area contributed by atoms with Crippen LogP contribution in [0.25, 0.3) is 0 Å². The molecule has 2 amide bonds. The lowest BCUT2D eigenvalue weighted by atomic mass is 9.83. The molecule has 1 aromatic rings. The highest BCUT2D eigenvalue weighted by Crippen LogP contribution is 2.36. The van der Waals surface area contributed by atoms with Gasteiger partial charge < -0.3 is 15.0 Å². The summed E-state index contributed by atoms with van der Waals surface area (Å²) in [5.41, 5.74) is 0.773. The van der Waals surface area contributed by atoms with Gasteiger partial charge >= 0.3 is 0 Å². The molecule has 2 rings (SSSR count). The van der Waals surface area contributed by atoms with E-state index in [-0.39, 0.29) is 23.5 Å². The van der Waals surface area contributed by atoms with Crippen LogP contribution in [0.5, 0.6) is 0 Å². The topological polar surface area (TPSA) is 58.6 Å². The quantitative estimate of drug-likeness (QED) is 0.822. The maximum absolute atomic E-state index is 13.3. The Hall–Kier alpha value is -1.95. The zero-order chi connectivity index (χ0) is 18.4. The van der Waals surface area contributed by atoms with Crippen molar-refractivity contribution in [2.45, 2.75) is 32.7 Å². The number of halogens is 1. The standard InChI is InChI=1S/C19H27FN2O3/c1-13(2)12-21-19(24)16-8-9-17(23)22(10-11-25-3)18(16)14-4-6-15(20)7-5-14/h4-7,13,16,18H,8-12H2,1-3H3,(H,21,24)/t16-,18+/m1/s1. The van der Waals surface area contributed by atoms with Gasteiger partial charge in [-0.05, 0) is 30.0 Å². The van der Waals surface area contributed by atoms with Crippen molar-refractivity contribution >= 4 is 11.8 Å². The van der Waals surface area contributed by atoms with Crippen molar-refractivity contribution < 1.29 is 18.7 Å². The summed E-state index contributed by atoms with van der Waals surface area (Å²) in [7, 11) is 1.58. The van der Waals surface area contributed by atoms with Crippen LogP contribution in [-0.2, 0) is 14.3 Å². The third-order valence-electron chi connectivity index (χ3n) is 4.48. The van der Waals surface area contributed by atoms with Crippen LogP contribution in [0.2, 0.25) is 0 Å². The lowest BCUT2D eigenvalue weighted by molar-refractivity contribution is -0.144. The molecule has 25 heavy (non-hydrogen) atoms. The van der Waals surface area contributed by atoms with Crippen LogP contribution in [0.4, 0.5) is 4.39 Å². The third kappa shape index (κ3) is 5.01. The Labute approximate surface area is 148 Å². The average molecular weight is 350 g/mol. The first-order valence-corrected chi connectivity index (χ1v) is 8.75. The summed E-state index contributed by atoms with van der Waals surface area (Å²) in [6.07, 6.45) is 0.829. The van der Waals surface area contributed by atoms with Crippen molar-refractivity contribution in [3.63, 3.8) is 0 Å². The van der Waals surface area contributed by atoms with Crippen molar-refractivity contribution in [3.8, 4) is 0 Å². The molecule has 1 fully saturated rings. The first-order chi connectivity index (χ1) is 11.9. The van der Waals surface area contributed by atoms with Gasteiger partial charge in [-0.25, -0.2) is 4.39 Å². The van der Waals surface area contributed by atoms with Crippen molar-refractivity contribution in [2.24, 2.45) is 11.8 Å². The van der Waals surface area contributed by atoms with E-state index in [1.807, 2.05) is 13.8 Å². The second-order valence-corrected chi connectivity index (χ2v) is 6.86. The molecule has 0 aromatic heterocycles. The Balaban J connectivity index is 2.29. The number of carbonyl (C=O) groups is 2. The lowest BCUT2D eigenvalue weighted by Crippen LogP contribution is -2.49. The first-order valence-electron chi connectivity index (χ1n) is 8.75. The predicted molar refractivity (Wildman–Crippen MR) is 93.3 cm³/mol. The van der Waals surface area contributed by atoms with Crippen molar-refractivity contribution in [1.82, 2.24) is 10.2 Å². The summed E-state index contributed by atoms with van der Waals surface area (Å²) < 4.78 is 18.4. The van der Waals surface area contributed by atoms with Gasteiger partial charge in [-0.2, -0.15) is 0 Å². The van der Waals surface area contributed by atoms with E-state index in [2.05, 4.69) is 5.32 Å². The number of piperidine rings is 1. The number of nitrogens with zero attached hydrogens (tertiary/aromatic N) is 1. The van der Waals surface area contributed by atoms with Gasteiger partial charge in [0.2, 0.25) is 11.8 Å². The summed E-state index contributed by atoms with van der Waals surface area (Å²) in [4.78, 5) is 26.9. The van der Waals surface area contributed by atoms with Crippen LogP contribution >= 0.6 is 0 Å². The fraction of sp³-hybridized carbons (Fsp3) is 0.579. The number of rotatable bonds is 7. The van der Waals surface area contributed by atoms with E-state index in [0.717, 1.165) is 5.56 Å². The minimum Gasteiger partial charge on any atom is -0.383 e. The third-order valence-corrected chi connectivity index (χ3v) is 4.48. The molecular formula is C19H27FN2O3. The number of amides is 2. The van der Waals surface area contributed by atoms with Crippen LogP contribution in [0, 0.1) is 17.7 Å². The molecule has 0 spiro atoms. The maximum Gasteiger partial charge on any atom is 0.225 e. The smallest absolute Gasteiger partial charge is 0.225 e. The van der Waals surface area contributed by atoms with E-state index in [0.29, 0.717) is 38.5 Å². The molecule has 138 valence electrons. The van der Waals surface area contributed by atoms with E-state index in [1.165, 1.54) is 12.1 Å². The zero-order valence-corrected chi connectivity index (χ0v) is 15.1. The molecule has 1 heterocycles. The fourth-order valence-electron chi connectivity index (χ4n) is 3.19. The Morgan fingerprint density at radius 2 is 2.04 bits per heavy atom. The molecule has 2 atom stereocenters. The summed E-state index contributed by atoms with van der Waals surface area (Å²) >= 11 is 0. The monoisotopic (exact) mass is 350 g/mol. The number of methoxy groups -OCH3 is 1. The molecule has 0 saturated carbocycles. The Bertz CT molecular complexity index is 589. The first kappa shape index (κ1) is 19.4. The van der Waals surface area contributed by atoms with Crippen molar-refractivity contribution in [3.05, 3.63) is 35.6 Å². The SMILES string of the molecule is COCCN1C(=O)CC[C@@H](C(=O)NCC(C)C)[C@@H]1c1ccc(F)cc1. The number of hydrogen-bond acceptors (Lipinski definition) is 3. The van der Waals surface area contributed by atoms with Crippen molar-refractivity contribution in [1.29, 1.82) is 0 Å². The highest BCUT2D eigenvalue weighted by atomic mass is 19.1. The van der Waals surface area contributed by atoms with Crippen LogP contribution < -0.4 is 5.32 Å². The molecule has 1 saturated heterocycles. The van der Waals surface area contributed by atoms with Gasteiger partial charge in [0.15, 0.2) is 0 Å². The molecule has 0 aliphatic carbocycles. The number of ether oxygens (including phenoxy) is 1. The Kier molecular flexibility index (Phi) is 6.93. The predicted octanol–water partition coefficient (Wildman–Crippen LogP) is 2.52. The number of carbonyl (C=O) groups excluding carboxylic acids is 2. The molecule has 0 bridgehead atoms. The number of nitrogens with one attached hydrogen (secondary N) is 1. The lowest BCUT2D eigenvalue weighted by Gasteiger charge is -2.41. The number of hydrogen-bond donors (Lipinski definition) is 1. The minimum atomic E-state index is -0.399. The number of benzene rings is 1. The molecule has 1 N–H and O–H groups in total. The molecule has 1 aliphatic heterocycles. The highest BCUT2D eigenvalue weighted by molar-refractivity contribution is 5.85. The van der Waals surface area contributed by atoms with E-state index < -0.39 is 6.04 Å². The fourth-order valence-corrected chi connectivity index (χ4v) is 3.19. The van der Waals surface area contributed by atoms with Gasteiger partial charge in [-0.15, -0.1) is 0 Å². The van der Waals surface area contributed by atoms with Crippen molar-refractivity contribution in [2.75, 3.05) is 26.8 Å². The molecule has 0 unspecified atom stereocenters. The zero-order valence-electron chi connectivity index (χ0n) is 15.1. The van der Waals surface area contributed by atoms with Gasteiger partial charge in [-0.3, -0.25) is 9.59 Å². The second-order valence-electron chi connectivity index (χ2n) is 6.86. The Morgan fingerprint density at radius 1 is 1.36 bits per heavy atom. The van der Waals surface area contributed by atoms with Crippen LogP contribution in [0.3, 0.4) is 0 Å². The number of likely N-dealkylation sites (tertiary alicyclic amines) is 1. The van der Waals surface area contributed by atoms with Crippen LogP contribution in [0.1, 0.15) is 38.3 Å². The summed E-state index contributed by atoms with van der Waals surface area (Å²) in [6, 6.07) is 5.64. The van der Waals surface area contributed by atoms with E-state index >= 15 is 0 Å². The average Bonchev–Trinajstić information content (AvgIpc) is 2.59. The summed E-state index contributed by atoms with van der Waals surface area (Å²) in [5.74, 6) is -0.394. The Morgan fingerprint density at radius 3 is 2.64 bits per heavy atom. The van der Waals surface area contributed by atoms with Gasteiger partial charge in [0.1, 0.15) is 5.82 Å². The maximum atomic E-state index is 13.3. The minimum absolute atomic E-state index is 0.000662. The molecule has 6 heteroatoms. The van der Waals surface area contributed by atoms with Gasteiger partial charge in [0.05, 0.1) is 18.6 Å². The van der Waals surface area contributed by atoms with E-state index in [1.54, 1.807) is 24.1 Å². The van der Waals surface area contributed by atoms with Crippen LogP contribution in [0.15, 0.2) is 24.3 Å². The van der Waals surface area contributed by atoms with Gasteiger partial charge in [-0.1, -0.05) is 26.0 Å². The van der Waals surface area contributed by atoms with Gasteiger partial charge in [0.25, 0.3) is 0 Å². The van der Waals surface area contributed by atoms with Crippen LogP contribution in [-0.4, -0.2) is 43.5 Å². The molecular weight excluding hydrogens is 323 g/mol. The molecule has 0 radical (unpaired) electrons. The van der Waals surface area contributed by atoms with E-state index in [4.69, 9.17) is 4.74 Å². The largest absolute Gasteiger partial charge is 0.383 e. The second kappa shape index (κ2) is 8.94. The highest BCUT2D eigenvalue weighted by Gasteiger charge is 2.40.